The van der Waals surface area contributed by atoms with Gasteiger partial charge in [0.15, 0.2) is 5.96 Å². The van der Waals surface area contributed by atoms with Crippen LogP contribution < -0.4 is 5.32 Å². The summed E-state index contributed by atoms with van der Waals surface area (Å²) in [6.07, 6.45) is 4.74. The first-order valence-corrected chi connectivity index (χ1v) is 10.2. The normalized spacial score (nSPS) is 16.5. The fourth-order valence-electron chi connectivity index (χ4n) is 2.45. The number of guanidine groups is 1. The number of nitrogens with zero attached hydrogens (tertiary/aromatic N) is 2. The van der Waals surface area contributed by atoms with Crippen molar-refractivity contribution in [3.63, 3.8) is 0 Å². The highest BCUT2D eigenvalue weighted by atomic mass is 127. The van der Waals surface area contributed by atoms with Gasteiger partial charge in [-0.25, -0.2) is 8.42 Å². The number of esters is 1. The van der Waals surface area contributed by atoms with Gasteiger partial charge in [-0.3, -0.25) is 9.79 Å². The number of hydrogen-bond acceptors (Lipinski definition) is 5. The van der Waals surface area contributed by atoms with E-state index in [0.29, 0.717) is 13.1 Å². The minimum absolute atomic E-state index is 0. The van der Waals surface area contributed by atoms with Crippen molar-refractivity contribution in [3.8, 4) is 0 Å². The highest BCUT2D eigenvalue weighted by Crippen LogP contribution is 2.18. The van der Waals surface area contributed by atoms with Crippen LogP contribution in [0.25, 0.3) is 0 Å². The first-order chi connectivity index (χ1) is 10.9. The Bertz CT molecular complexity index is 503. The SMILES string of the molecule is CCCCN=C(NCCS(C)(=O)=O)N1CCC(C(=O)OC)CC1.I. The van der Waals surface area contributed by atoms with Gasteiger partial charge >= 0.3 is 5.97 Å². The number of piperidine rings is 1. The summed E-state index contributed by atoms with van der Waals surface area (Å²) < 4.78 is 27.3. The molecule has 0 aliphatic carbocycles. The minimum Gasteiger partial charge on any atom is -0.469 e. The van der Waals surface area contributed by atoms with Crippen LogP contribution in [0.3, 0.4) is 0 Å². The molecule has 0 spiro atoms. The number of nitrogens with one attached hydrogen (secondary N) is 1. The standard InChI is InChI=1S/C15H29N3O4S.HI/c1-4-5-8-16-15(17-9-12-23(3,20)21)18-10-6-13(7-11-18)14(19)22-2;/h13H,4-12H2,1-3H3,(H,16,17);1H. The summed E-state index contributed by atoms with van der Waals surface area (Å²) >= 11 is 0. The zero-order chi connectivity index (χ0) is 17.3. The molecule has 0 radical (unpaired) electrons. The van der Waals surface area contributed by atoms with Crippen LogP contribution in [0.4, 0.5) is 0 Å². The Balaban J connectivity index is 0.00000529. The zero-order valence-corrected chi connectivity index (χ0v) is 17.9. The molecule has 1 aliphatic rings. The lowest BCUT2D eigenvalue weighted by Crippen LogP contribution is -2.47. The lowest BCUT2D eigenvalue weighted by atomic mass is 9.97. The van der Waals surface area contributed by atoms with Crippen LogP contribution in [-0.2, 0) is 19.4 Å². The van der Waals surface area contributed by atoms with E-state index in [2.05, 4.69) is 22.1 Å². The molecule has 0 aromatic heterocycles. The molecule has 0 aromatic rings. The van der Waals surface area contributed by atoms with E-state index >= 15 is 0 Å². The number of methoxy groups -OCH3 is 1. The second-order valence-corrected chi connectivity index (χ2v) is 8.16. The molecule has 0 aromatic carbocycles. The number of rotatable bonds is 7. The maximum atomic E-state index is 11.6. The number of carbonyl (C=O) groups is 1. The van der Waals surface area contributed by atoms with Crippen LogP contribution in [0.1, 0.15) is 32.6 Å². The molecule has 0 saturated carbocycles. The van der Waals surface area contributed by atoms with Crippen molar-refractivity contribution in [2.24, 2.45) is 10.9 Å². The first kappa shape index (κ1) is 23.4. The number of ether oxygens (including phenoxy) is 1. The molecule has 9 heteroatoms. The van der Waals surface area contributed by atoms with Crippen molar-refractivity contribution in [1.82, 2.24) is 10.2 Å². The Morgan fingerprint density at radius 3 is 2.46 bits per heavy atom. The third kappa shape index (κ3) is 9.05. The van der Waals surface area contributed by atoms with Gasteiger partial charge in [0.25, 0.3) is 0 Å². The van der Waals surface area contributed by atoms with Crippen molar-refractivity contribution in [3.05, 3.63) is 0 Å². The molecule has 1 saturated heterocycles. The number of sulfone groups is 1. The van der Waals surface area contributed by atoms with E-state index in [1.807, 2.05) is 0 Å². The average molecular weight is 475 g/mol. The predicted molar refractivity (Wildman–Crippen MR) is 107 cm³/mol. The maximum Gasteiger partial charge on any atom is 0.308 e. The summed E-state index contributed by atoms with van der Waals surface area (Å²) in [5, 5.41) is 3.14. The molecule has 1 N–H and O–H groups in total. The summed E-state index contributed by atoms with van der Waals surface area (Å²) in [5.41, 5.74) is 0. The second kappa shape index (κ2) is 11.9. The van der Waals surface area contributed by atoms with Gasteiger partial charge in [-0.1, -0.05) is 13.3 Å². The van der Waals surface area contributed by atoms with Crippen LogP contribution >= 0.6 is 24.0 Å². The Labute approximate surface area is 162 Å². The van der Waals surface area contributed by atoms with Crippen LogP contribution in [0, 0.1) is 5.92 Å². The van der Waals surface area contributed by atoms with Crippen molar-refractivity contribution < 1.29 is 17.9 Å². The summed E-state index contributed by atoms with van der Waals surface area (Å²) in [4.78, 5) is 18.2. The van der Waals surface area contributed by atoms with E-state index in [4.69, 9.17) is 4.74 Å². The van der Waals surface area contributed by atoms with Gasteiger partial charge in [0, 0.05) is 32.4 Å². The molecule has 1 heterocycles. The zero-order valence-electron chi connectivity index (χ0n) is 14.8. The van der Waals surface area contributed by atoms with Crippen LogP contribution in [0.15, 0.2) is 4.99 Å². The van der Waals surface area contributed by atoms with Gasteiger partial charge in [-0.2, -0.15) is 0 Å². The molecule has 0 amide bonds. The Morgan fingerprint density at radius 2 is 1.96 bits per heavy atom. The molecule has 1 rings (SSSR count). The highest BCUT2D eigenvalue weighted by molar-refractivity contribution is 14.0. The fraction of sp³-hybridized carbons (Fsp3) is 0.867. The third-order valence-corrected chi connectivity index (χ3v) is 4.80. The van der Waals surface area contributed by atoms with Crippen molar-refractivity contribution >= 4 is 45.7 Å². The number of halogens is 1. The largest absolute Gasteiger partial charge is 0.469 e. The van der Waals surface area contributed by atoms with Crippen LogP contribution in [-0.4, -0.2) is 70.5 Å². The molecular weight excluding hydrogens is 445 g/mol. The lowest BCUT2D eigenvalue weighted by molar-refractivity contribution is -0.146. The first-order valence-electron chi connectivity index (χ1n) is 8.16. The minimum atomic E-state index is -3.00. The summed E-state index contributed by atoms with van der Waals surface area (Å²) in [6.45, 7) is 4.61. The van der Waals surface area contributed by atoms with Crippen LogP contribution in [0.5, 0.6) is 0 Å². The second-order valence-electron chi connectivity index (χ2n) is 5.90. The molecular formula is C15H30IN3O4S. The molecule has 0 unspecified atom stereocenters. The summed E-state index contributed by atoms with van der Waals surface area (Å²) in [7, 11) is -1.58. The van der Waals surface area contributed by atoms with Gasteiger partial charge in [-0.05, 0) is 19.3 Å². The smallest absolute Gasteiger partial charge is 0.308 e. The molecule has 24 heavy (non-hydrogen) atoms. The van der Waals surface area contributed by atoms with E-state index < -0.39 is 9.84 Å². The van der Waals surface area contributed by atoms with Gasteiger partial charge in [0.05, 0.1) is 18.8 Å². The van der Waals surface area contributed by atoms with Crippen molar-refractivity contribution in [2.45, 2.75) is 32.6 Å². The lowest BCUT2D eigenvalue weighted by Gasteiger charge is -2.33. The third-order valence-electron chi connectivity index (χ3n) is 3.86. The van der Waals surface area contributed by atoms with E-state index in [1.165, 1.54) is 13.4 Å². The number of hydrogen-bond donors (Lipinski definition) is 1. The highest BCUT2D eigenvalue weighted by Gasteiger charge is 2.27. The van der Waals surface area contributed by atoms with Gasteiger partial charge in [-0.15, -0.1) is 24.0 Å². The quantitative estimate of drug-likeness (QED) is 0.196. The number of likely N-dealkylation sites (tertiary alicyclic amines) is 1. The monoisotopic (exact) mass is 475 g/mol. The fourth-order valence-corrected chi connectivity index (χ4v) is 2.93. The molecule has 1 aliphatic heterocycles. The molecule has 0 bridgehead atoms. The molecule has 0 atom stereocenters. The number of unbranched alkanes of at least 4 members (excludes halogenated alkanes) is 1. The molecule has 142 valence electrons. The topological polar surface area (TPSA) is 88.1 Å². The average Bonchev–Trinajstić information content (AvgIpc) is 2.52. The van der Waals surface area contributed by atoms with Gasteiger partial charge in [0.1, 0.15) is 9.84 Å². The molecule has 7 nitrogen and oxygen atoms in total. The predicted octanol–water partition coefficient (Wildman–Crippen LogP) is 1.28. The Morgan fingerprint density at radius 1 is 1.33 bits per heavy atom. The van der Waals surface area contributed by atoms with E-state index in [9.17, 15) is 13.2 Å². The van der Waals surface area contributed by atoms with E-state index in [0.717, 1.165) is 44.7 Å². The Kier molecular flexibility index (Phi) is 11.6. The van der Waals surface area contributed by atoms with Gasteiger partial charge in [0.2, 0.25) is 0 Å². The number of carbonyl (C=O) groups excluding carboxylic acids is 1. The number of aliphatic imine (C=N–C) groups is 1. The van der Waals surface area contributed by atoms with E-state index in [1.54, 1.807) is 0 Å². The maximum absolute atomic E-state index is 11.6. The van der Waals surface area contributed by atoms with Crippen molar-refractivity contribution in [1.29, 1.82) is 0 Å². The van der Waals surface area contributed by atoms with E-state index in [-0.39, 0.29) is 41.6 Å². The summed E-state index contributed by atoms with van der Waals surface area (Å²) in [6, 6.07) is 0. The Hall–Kier alpha value is -0.580. The van der Waals surface area contributed by atoms with Crippen molar-refractivity contribution in [2.75, 3.05) is 45.3 Å². The van der Waals surface area contributed by atoms with Crippen LogP contribution in [0.2, 0.25) is 0 Å². The summed E-state index contributed by atoms with van der Waals surface area (Å²) in [5.74, 6) is 0.618. The molecule has 1 fully saturated rings. The van der Waals surface area contributed by atoms with Gasteiger partial charge < -0.3 is 15.0 Å².